The quantitative estimate of drug-likeness (QED) is 0.865. The Labute approximate surface area is 108 Å². The van der Waals surface area contributed by atoms with Gasteiger partial charge in [-0.1, -0.05) is 12.1 Å². The summed E-state index contributed by atoms with van der Waals surface area (Å²) in [5.74, 6) is -1.13. The van der Waals surface area contributed by atoms with Crippen LogP contribution in [0.5, 0.6) is 0 Å². The Morgan fingerprint density at radius 1 is 1.37 bits per heavy atom. The highest BCUT2D eigenvalue weighted by Gasteiger charge is 2.14. The molecule has 98 valence electrons. The molecule has 2 aromatic rings. The van der Waals surface area contributed by atoms with Crippen LogP contribution in [0.25, 0.3) is 0 Å². The third-order valence-corrected chi connectivity index (χ3v) is 2.56. The smallest absolute Gasteiger partial charge is 0.310 e. The summed E-state index contributed by atoms with van der Waals surface area (Å²) >= 11 is 0. The number of anilines is 1. The molecule has 2 N–H and O–H groups in total. The molecule has 0 aliphatic carbocycles. The topological polar surface area (TPSA) is 74.8 Å². The molecule has 1 aromatic heterocycles. The molecule has 19 heavy (non-hydrogen) atoms. The second-order valence-electron chi connectivity index (χ2n) is 4.15. The van der Waals surface area contributed by atoms with Crippen molar-refractivity contribution in [2.45, 2.75) is 13.8 Å². The fraction of sp³-hybridized carbons (Fsp3) is 0.154. The fourth-order valence-corrected chi connectivity index (χ4v) is 1.65. The van der Waals surface area contributed by atoms with Gasteiger partial charge in [-0.25, -0.2) is 9.18 Å². The van der Waals surface area contributed by atoms with E-state index >= 15 is 0 Å². The zero-order valence-corrected chi connectivity index (χ0v) is 10.5. The van der Waals surface area contributed by atoms with Crippen LogP contribution in [-0.4, -0.2) is 15.9 Å². The van der Waals surface area contributed by atoms with Crippen molar-refractivity contribution in [3.8, 4) is 0 Å². The molecule has 5 nitrogen and oxygen atoms in total. The van der Waals surface area contributed by atoms with Crippen molar-refractivity contribution >= 4 is 11.7 Å². The van der Waals surface area contributed by atoms with Gasteiger partial charge in [0.25, 0.3) is 5.91 Å². The van der Waals surface area contributed by atoms with Gasteiger partial charge in [-0.2, -0.15) is 4.98 Å². The van der Waals surface area contributed by atoms with Gasteiger partial charge in [-0.05, 0) is 25.5 Å². The van der Waals surface area contributed by atoms with Crippen LogP contribution in [-0.2, 0) is 0 Å². The second kappa shape index (κ2) is 5.01. The minimum atomic E-state index is -0.640. The van der Waals surface area contributed by atoms with Gasteiger partial charge in [0.15, 0.2) is 0 Å². The number of nitrogens with one attached hydrogen (secondary N) is 2. The average molecular weight is 261 g/mol. The molecule has 2 rings (SSSR count). The van der Waals surface area contributed by atoms with Crippen LogP contribution in [0, 0.1) is 19.7 Å². The van der Waals surface area contributed by atoms with Crippen molar-refractivity contribution in [3.63, 3.8) is 0 Å². The van der Waals surface area contributed by atoms with E-state index in [1.54, 1.807) is 26.0 Å². The Balaban J connectivity index is 2.31. The van der Waals surface area contributed by atoms with Gasteiger partial charge >= 0.3 is 5.69 Å². The molecule has 0 spiro atoms. The zero-order valence-electron chi connectivity index (χ0n) is 10.5. The van der Waals surface area contributed by atoms with Gasteiger partial charge < -0.3 is 10.3 Å². The summed E-state index contributed by atoms with van der Waals surface area (Å²) in [7, 11) is 0. The SMILES string of the molecule is Cc1cc(NC(=O)c2cccc(C)c2F)nc(=O)[nH]1. The van der Waals surface area contributed by atoms with Gasteiger partial charge in [-0.15, -0.1) is 0 Å². The molecule has 0 unspecified atom stereocenters. The van der Waals surface area contributed by atoms with E-state index in [4.69, 9.17) is 0 Å². The highest BCUT2D eigenvalue weighted by molar-refractivity contribution is 6.04. The number of hydrogen-bond acceptors (Lipinski definition) is 3. The number of carbonyl (C=O) groups excluding carboxylic acids is 1. The Kier molecular flexibility index (Phi) is 3.41. The number of H-pyrrole nitrogens is 1. The molecule has 6 heteroatoms. The van der Waals surface area contributed by atoms with Crippen LogP contribution >= 0.6 is 0 Å². The first-order valence-corrected chi connectivity index (χ1v) is 5.62. The lowest BCUT2D eigenvalue weighted by Gasteiger charge is -2.06. The van der Waals surface area contributed by atoms with Crippen LogP contribution < -0.4 is 11.0 Å². The number of hydrogen-bond donors (Lipinski definition) is 2. The molecule has 0 radical (unpaired) electrons. The fourth-order valence-electron chi connectivity index (χ4n) is 1.65. The predicted octanol–water partition coefficient (Wildman–Crippen LogP) is 1.78. The van der Waals surface area contributed by atoms with Gasteiger partial charge in [0.05, 0.1) is 5.56 Å². The number of aromatic amines is 1. The van der Waals surface area contributed by atoms with E-state index < -0.39 is 17.4 Å². The van der Waals surface area contributed by atoms with E-state index in [-0.39, 0.29) is 11.4 Å². The van der Waals surface area contributed by atoms with Crippen LogP contribution in [0.1, 0.15) is 21.6 Å². The van der Waals surface area contributed by atoms with Gasteiger partial charge in [-0.3, -0.25) is 4.79 Å². The maximum Gasteiger partial charge on any atom is 0.347 e. The van der Waals surface area contributed by atoms with Crippen LogP contribution in [0.4, 0.5) is 10.2 Å². The highest BCUT2D eigenvalue weighted by Crippen LogP contribution is 2.13. The molecule has 0 atom stereocenters. The monoisotopic (exact) mass is 261 g/mol. The molecule has 1 aromatic carbocycles. The molecular formula is C13H12FN3O2. The summed E-state index contributed by atoms with van der Waals surface area (Å²) in [6.45, 7) is 3.23. The number of amides is 1. The molecule has 0 aliphatic rings. The first kappa shape index (κ1) is 12.9. The number of benzene rings is 1. The molecule has 0 saturated carbocycles. The van der Waals surface area contributed by atoms with Crippen LogP contribution in [0.3, 0.4) is 0 Å². The lowest BCUT2D eigenvalue weighted by atomic mass is 10.1. The number of carbonyl (C=O) groups is 1. The molecule has 0 fully saturated rings. The number of rotatable bonds is 2. The van der Waals surface area contributed by atoms with E-state index in [2.05, 4.69) is 15.3 Å². The van der Waals surface area contributed by atoms with Crippen molar-refractivity contribution in [1.82, 2.24) is 9.97 Å². The third kappa shape index (κ3) is 2.85. The minimum absolute atomic E-state index is 0.0836. The summed E-state index contributed by atoms with van der Waals surface area (Å²) in [6, 6.07) is 6.02. The molecular weight excluding hydrogens is 249 g/mol. The van der Waals surface area contributed by atoms with Crippen molar-refractivity contribution in [2.24, 2.45) is 0 Å². The summed E-state index contributed by atoms with van der Waals surface area (Å²) in [5.41, 5.74) is 0.280. The standard InChI is InChI=1S/C13H12FN3O2/c1-7-4-3-5-9(11(7)14)12(18)16-10-6-8(2)15-13(19)17-10/h3-6H,1-2H3,(H2,15,16,17,18,19). The van der Waals surface area contributed by atoms with Crippen LogP contribution in [0.2, 0.25) is 0 Å². The van der Waals surface area contributed by atoms with Gasteiger partial charge in [0.2, 0.25) is 0 Å². The third-order valence-electron chi connectivity index (χ3n) is 2.56. The van der Waals surface area contributed by atoms with Crippen molar-refractivity contribution in [3.05, 3.63) is 57.4 Å². The Morgan fingerprint density at radius 3 is 2.79 bits per heavy atom. The zero-order chi connectivity index (χ0) is 14.0. The Hall–Kier alpha value is -2.50. The Morgan fingerprint density at radius 2 is 2.11 bits per heavy atom. The van der Waals surface area contributed by atoms with E-state index in [9.17, 15) is 14.0 Å². The molecule has 0 saturated heterocycles. The van der Waals surface area contributed by atoms with E-state index in [1.807, 2.05) is 0 Å². The largest absolute Gasteiger partial charge is 0.347 e. The van der Waals surface area contributed by atoms with E-state index in [0.29, 0.717) is 11.3 Å². The first-order chi connectivity index (χ1) is 8.97. The minimum Gasteiger partial charge on any atom is -0.310 e. The number of aryl methyl sites for hydroxylation is 2. The van der Waals surface area contributed by atoms with Crippen molar-refractivity contribution in [1.29, 1.82) is 0 Å². The molecule has 0 bridgehead atoms. The number of aromatic nitrogens is 2. The van der Waals surface area contributed by atoms with Gasteiger partial charge in [0.1, 0.15) is 11.6 Å². The first-order valence-electron chi connectivity index (χ1n) is 5.62. The molecule has 1 amide bonds. The number of nitrogens with zero attached hydrogens (tertiary/aromatic N) is 1. The van der Waals surface area contributed by atoms with Gasteiger partial charge in [0, 0.05) is 11.8 Å². The maximum absolute atomic E-state index is 13.8. The Bertz CT molecular complexity index is 695. The summed E-state index contributed by atoms with van der Waals surface area (Å²) < 4.78 is 13.8. The summed E-state index contributed by atoms with van der Waals surface area (Å²) in [4.78, 5) is 29.1. The van der Waals surface area contributed by atoms with Crippen molar-refractivity contribution in [2.75, 3.05) is 5.32 Å². The summed E-state index contributed by atoms with van der Waals surface area (Å²) in [5, 5.41) is 2.40. The second-order valence-corrected chi connectivity index (χ2v) is 4.15. The number of halogens is 1. The normalized spacial score (nSPS) is 10.3. The lowest BCUT2D eigenvalue weighted by Crippen LogP contribution is -2.19. The maximum atomic E-state index is 13.8. The van der Waals surface area contributed by atoms with E-state index in [0.717, 1.165) is 0 Å². The highest BCUT2D eigenvalue weighted by atomic mass is 19.1. The lowest BCUT2D eigenvalue weighted by molar-refractivity contribution is 0.102. The van der Waals surface area contributed by atoms with E-state index in [1.165, 1.54) is 12.1 Å². The summed E-state index contributed by atoms with van der Waals surface area (Å²) in [6.07, 6.45) is 0. The van der Waals surface area contributed by atoms with Crippen LogP contribution in [0.15, 0.2) is 29.1 Å². The molecule has 0 aliphatic heterocycles. The van der Waals surface area contributed by atoms with Crippen molar-refractivity contribution < 1.29 is 9.18 Å². The average Bonchev–Trinajstić information content (AvgIpc) is 2.31. The predicted molar refractivity (Wildman–Crippen MR) is 68.7 cm³/mol. The molecule has 1 heterocycles.